The highest BCUT2D eigenvalue weighted by Crippen LogP contribution is 2.37. The quantitative estimate of drug-likeness (QED) is 0.646. The van der Waals surface area contributed by atoms with Gasteiger partial charge in [0.1, 0.15) is 12.8 Å². The number of hydrogen-bond acceptors (Lipinski definition) is 2. The molecular weight excluding hydrogens is 232 g/mol. The van der Waals surface area contributed by atoms with E-state index in [9.17, 15) is 17.6 Å². The lowest BCUT2D eigenvalue weighted by atomic mass is 10.1. The van der Waals surface area contributed by atoms with Crippen molar-refractivity contribution in [3.05, 3.63) is 29.8 Å². The Morgan fingerprint density at radius 1 is 1.33 bits per heavy atom. The van der Waals surface area contributed by atoms with Crippen LogP contribution in [0.4, 0.5) is 17.6 Å². The zero-order valence-corrected chi connectivity index (χ0v) is 8.28. The smallest absolute Gasteiger partial charge is 0.386 e. The highest BCUT2D eigenvalue weighted by molar-refractivity contribution is 8.00. The van der Waals surface area contributed by atoms with E-state index in [0.29, 0.717) is 0 Å². The largest absolute Gasteiger partial charge is 0.446 e. The van der Waals surface area contributed by atoms with Crippen LogP contribution in [0.25, 0.3) is 0 Å². The minimum atomic E-state index is -4.38. The fourth-order valence-electron chi connectivity index (χ4n) is 1.01. The zero-order chi connectivity index (χ0) is 11.5. The van der Waals surface area contributed by atoms with Crippen LogP contribution in [0, 0.1) is 0 Å². The molecule has 0 aliphatic rings. The lowest BCUT2D eigenvalue weighted by Gasteiger charge is -2.09. The molecule has 1 aromatic carbocycles. The first-order valence-electron chi connectivity index (χ1n) is 4.02. The van der Waals surface area contributed by atoms with Gasteiger partial charge >= 0.3 is 5.51 Å². The van der Waals surface area contributed by atoms with Crippen LogP contribution in [0.3, 0.4) is 0 Å². The molecule has 0 aliphatic heterocycles. The van der Waals surface area contributed by atoms with E-state index in [1.165, 1.54) is 18.2 Å². The van der Waals surface area contributed by atoms with Crippen molar-refractivity contribution in [3.63, 3.8) is 0 Å². The SMILES string of the molecule is OC(CF)c1cccc(SC(F)(F)F)c1. The summed E-state index contributed by atoms with van der Waals surface area (Å²) in [5.74, 6) is 0. The van der Waals surface area contributed by atoms with E-state index in [2.05, 4.69) is 0 Å². The molecule has 84 valence electrons. The second-order valence-corrected chi connectivity index (χ2v) is 3.93. The number of rotatable bonds is 3. The van der Waals surface area contributed by atoms with Crippen LogP contribution in [0.1, 0.15) is 11.7 Å². The van der Waals surface area contributed by atoms with Gasteiger partial charge in [0.15, 0.2) is 0 Å². The Labute approximate surface area is 88.1 Å². The predicted molar refractivity (Wildman–Crippen MR) is 49.3 cm³/mol. The minimum Gasteiger partial charge on any atom is -0.386 e. The molecule has 1 N–H and O–H groups in total. The lowest BCUT2D eigenvalue weighted by molar-refractivity contribution is -0.0328. The molecule has 0 bridgehead atoms. The molecule has 0 saturated carbocycles. The van der Waals surface area contributed by atoms with Crippen molar-refractivity contribution >= 4 is 11.8 Å². The maximum absolute atomic E-state index is 12.1. The monoisotopic (exact) mass is 240 g/mol. The molecule has 1 rings (SSSR count). The molecule has 1 atom stereocenters. The first-order chi connectivity index (χ1) is 6.92. The van der Waals surface area contributed by atoms with Crippen LogP contribution in [-0.2, 0) is 0 Å². The van der Waals surface area contributed by atoms with Gasteiger partial charge < -0.3 is 5.11 Å². The van der Waals surface area contributed by atoms with Crippen LogP contribution in [0.5, 0.6) is 0 Å². The van der Waals surface area contributed by atoms with Gasteiger partial charge in [-0.05, 0) is 29.5 Å². The van der Waals surface area contributed by atoms with E-state index in [4.69, 9.17) is 5.11 Å². The topological polar surface area (TPSA) is 20.2 Å². The number of thioether (sulfide) groups is 1. The van der Waals surface area contributed by atoms with Gasteiger partial charge in [-0.15, -0.1) is 0 Å². The highest BCUT2D eigenvalue weighted by Gasteiger charge is 2.29. The van der Waals surface area contributed by atoms with Gasteiger partial charge in [-0.1, -0.05) is 12.1 Å². The van der Waals surface area contributed by atoms with Crippen LogP contribution < -0.4 is 0 Å². The normalized spacial score (nSPS) is 13.9. The molecule has 0 aliphatic carbocycles. The second kappa shape index (κ2) is 4.85. The summed E-state index contributed by atoms with van der Waals surface area (Å²) in [5, 5.41) is 9.09. The first-order valence-corrected chi connectivity index (χ1v) is 4.84. The number of aliphatic hydroxyl groups is 1. The molecule has 0 heterocycles. The summed E-state index contributed by atoms with van der Waals surface area (Å²) >= 11 is -0.291. The third-order valence-electron chi connectivity index (χ3n) is 1.62. The van der Waals surface area contributed by atoms with Crippen LogP contribution in [0.2, 0.25) is 0 Å². The van der Waals surface area contributed by atoms with Gasteiger partial charge in [0.05, 0.1) is 0 Å². The molecule has 6 heteroatoms. The molecule has 0 saturated heterocycles. The second-order valence-electron chi connectivity index (χ2n) is 2.79. The fraction of sp³-hybridized carbons (Fsp3) is 0.333. The third-order valence-corrected chi connectivity index (χ3v) is 2.34. The van der Waals surface area contributed by atoms with E-state index >= 15 is 0 Å². The van der Waals surface area contributed by atoms with Crippen LogP contribution in [0.15, 0.2) is 29.2 Å². The molecule has 0 amide bonds. The molecule has 15 heavy (non-hydrogen) atoms. The Balaban J connectivity index is 2.83. The summed E-state index contributed by atoms with van der Waals surface area (Å²) in [7, 11) is 0. The summed E-state index contributed by atoms with van der Waals surface area (Å²) in [6, 6.07) is 5.11. The number of aliphatic hydroxyl groups excluding tert-OH is 1. The zero-order valence-electron chi connectivity index (χ0n) is 7.46. The van der Waals surface area contributed by atoms with Gasteiger partial charge in [0.25, 0.3) is 0 Å². The number of benzene rings is 1. The molecule has 1 unspecified atom stereocenters. The van der Waals surface area contributed by atoms with E-state index in [1.807, 2.05) is 0 Å². The van der Waals surface area contributed by atoms with Gasteiger partial charge in [-0.3, -0.25) is 0 Å². The first kappa shape index (κ1) is 12.3. The van der Waals surface area contributed by atoms with Crippen molar-refractivity contribution in [1.29, 1.82) is 0 Å². The van der Waals surface area contributed by atoms with Crippen molar-refractivity contribution in [2.24, 2.45) is 0 Å². The Morgan fingerprint density at radius 3 is 2.53 bits per heavy atom. The average Bonchev–Trinajstić information content (AvgIpc) is 2.14. The summed E-state index contributed by atoms with van der Waals surface area (Å²) in [5.41, 5.74) is -4.23. The summed E-state index contributed by atoms with van der Waals surface area (Å²) in [4.78, 5) is -0.0625. The highest BCUT2D eigenvalue weighted by atomic mass is 32.2. The predicted octanol–water partition coefficient (Wildman–Crippen LogP) is 3.30. The third kappa shape index (κ3) is 4.09. The summed E-state index contributed by atoms with van der Waals surface area (Å²) < 4.78 is 48.0. The standard InChI is InChI=1S/C9H8F4OS/c10-5-8(14)6-2-1-3-7(4-6)15-9(11,12)13/h1-4,8,14H,5H2. The Kier molecular flexibility index (Phi) is 3.98. The number of alkyl halides is 4. The van der Waals surface area contributed by atoms with Crippen molar-refractivity contribution in [2.75, 3.05) is 6.67 Å². The van der Waals surface area contributed by atoms with Gasteiger partial charge in [0, 0.05) is 4.90 Å². The van der Waals surface area contributed by atoms with Crippen LogP contribution >= 0.6 is 11.8 Å². The summed E-state index contributed by atoms with van der Waals surface area (Å²) in [6.07, 6.45) is -1.36. The molecule has 1 aromatic rings. The van der Waals surface area contributed by atoms with Crippen molar-refractivity contribution in [2.45, 2.75) is 16.5 Å². The summed E-state index contributed by atoms with van der Waals surface area (Å²) in [6.45, 7) is -1.01. The van der Waals surface area contributed by atoms with E-state index in [0.717, 1.165) is 6.07 Å². The molecule has 0 radical (unpaired) electrons. The van der Waals surface area contributed by atoms with Gasteiger partial charge in [-0.25, -0.2) is 4.39 Å². The number of hydrogen-bond donors (Lipinski definition) is 1. The minimum absolute atomic E-state index is 0.0625. The van der Waals surface area contributed by atoms with Gasteiger partial charge in [0.2, 0.25) is 0 Å². The van der Waals surface area contributed by atoms with E-state index in [1.54, 1.807) is 0 Å². The maximum atomic E-state index is 12.1. The van der Waals surface area contributed by atoms with Crippen molar-refractivity contribution < 1.29 is 22.7 Å². The Morgan fingerprint density at radius 2 is 2.00 bits per heavy atom. The fourth-order valence-corrected chi connectivity index (χ4v) is 1.62. The molecule has 0 aromatic heterocycles. The van der Waals surface area contributed by atoms with Crippen molar-refractivity contribution in [1.82, 2.24) is 0 Å². The Hall–Kier alpha value is -0.750. The van der Waals surface area contributed by atoms with Gasteiger partial charge in [-0.2, -0.15) is 13.2 Å². The van der Waals surface area contributed by atoms with Crippen LogP contribution in [-0.4, -0.2) is 17.3 Å². The number of halogens is 4. The average molecular weight is 240 g/mol. The van der Waals surface area contributed by atoms with Crippen molar-refractivity contribution in [3.8, 4) is 0 Å². The molecule has 1 nitrogen and oxygen atoms in total. The van der Waals surface area contributed by atoms with E-state index in [-0.39, 0.29) is 22.2 Å². The molecular formula is C9H8F4OS. The maximum Gasteiger partial charge on any atom is 0.446 e. The Bertz CT molecular complexity index is 326. The van der Waals surface area contributed by atoms with E-state index < -0.39 is 18.3 Å². The molecule has 0 spiro atoms. The molecule has 0 fully saturated rings. The lowest BCUT2D eigenvalue weighted by Crippen LogP contribution is -2.01.